The minimum atomic E-state index is -4.07. The third-order valence-corrected chi connectivity index (χ3v) is 9.22. The highest BCUT2D eigenvalue weighted by atomic mass is 35.5. The van der Waals surface area contributed by atoms with E-state index in [1.54, 1.807) is 24.3 Å². The van der Waals surface area contributed by atoms with E-state index in [-0.39, 0.29) is 9.79 Å². The van der Waals surface area contributed by atoms with Gasteiger partial charge in [0.25, 0.3) is 0 Å². The zero-order valence-electron chi connectivity index (χ0n) is 17.6. The van der Waals surface area contributed by atoms with E-state index in [9.17, 15) is 16.8 Å². The SMILES string of the molecule is CCCCCC[C@H](Cl)C(NS(=O)(=O)c1ccc(C)cc1)S(=O)(=O)c1ccc(C)cc1. The molecule has 0 amide bonds. The molecular formula is C22H30ClNO4S2. The van der Waals surface area contributed by atoms with Crippen LogP contribution in [0.25, 0.3) is 0 Å². The van der Waals surface area contributed by atoms with E-state index in [2.05, 4.69) is 11.6 Å². The lowest BCUT2D eigenvalue weighted by molar-refractivity contribution is 0.529. The Morgan fingerprint density at radius 1 is 0.800 bits per heavy atom. The van der Waals surface area contributed by atoms with Crippen LogP contribution in [-0.2, 0) is 19.9 Å². The Bertz CT molecular complexity index is 1020. The van der Waals surface area contributed by atoms with Crippen LogP contribution in [0.3, 0.4) is 0 Å². The summed E-state index contributed by atoms with van der Waals surface area (Å²) in [6.45, 7) is 5.78. The average molecular weight is 472 g/mol. The standard InChI is InChI=1S/C22H30ClNO4S2/c1-4-5-6-7-8-21(23)22(29(25,26)19-13-9-17(2)10-14-19)24-30(27,28)20-15-11-18(3)12-16-20/h9-16,21-22,24H,4-8H2,1-3H3/t21-,22?/m0/s1. The van der Waals surface area contributed by atoms with Gasteiger partial charge in [-0.25, -0.2) is 16.8 Å². The van der Waals surface area contributed by atoms with Crippen LogP contribution >= 0.6 is 11.6 Å². The number of sulfonamides is 1. The van der Waals surface area contributed by atoms with Crippen molar-refractivity contribution in [1.82, 2.24) is 4.72 Å². The highest BCUT2D eigenvalue weighted by Crippen LogP contribution is 2.25. The van der Waals surface area contributed by atoms with Crippen molar-refractivity contribution >= 4 is 31.5 Å². The first-order valence-electron chi connectivity index (χ1n) is 10.1. The van der Waals surface area contributed by atoms with Gasteiger partial charge in [0.15, 0.2) is 9.84 Å². The van der Waals surface area contributed by atoms with Crippen molar-refractivity contribution in [3.8, 4) is 0 Å². The van der Waals surface area contributed by atoms with Crippen molar-refractivity contribution in [2.75, 3.05) is 0 Å². The second kappa shape index (κ2) is 10.8. The van der Waals surface area contributed by atoms with Gasteiger partial charge in [-0.1, -0.05) is 68.0 Å². The molecule has 2 atom stereocenters. The van der Waals surface area contributed by atoms with Crippen molar-refractivity contribution in [3.05, 3.63) is 59.7 Å². The Labute approximate surface area is 185 Å². The van der Waals surface area contributed by atoms with Crippen LogP contribution in [0.2, 0.25) is 0 Å². The van der Waals surface area contributed by atoms with Gasteiger partial charge in [0.05, 0.1) is 15.2 Å². The Morgan fingerprint density at radius 3 is 1.80 bits per heavy atom. The number of sulfone groups is 1. The van der Waals surface area contributed by atoms with Crippen molar-refractivity contribution in [2.45, 2.75) is 73.4 Å². The average Bonchev–Trinajstić information content (AvgIpc) is 2.70. The fourth-order valence-electron chi connectivity index (χ4n) is 3.06. The molecule has 0 saturated carbocycles. The molecule has 30 heavy (non-hydrogen) atoms. The summed E-state index contributed by atoms with van der Waals surface area (Å²) in [4.78, 5) is 0.0518. The zero-order valence-corrected chi connectivity index (χ0v) is 20.0. The van der Waals surface area contributed by atoms with E-state index >= 15 is 0 Å². The molecule has 8 heteroatoms. The molecule has 2 aromatic rings. The number of alkyl halides is 1. The first kappa shape index (κ1) is 24.9. The number of hydrogen-bond donors (Lipinski definition) is 1. The predicted octanol–water partition coefficient (Wildman–Crippen LogP) is 4.96. The maximum absolute atomic E-state index is 13.3. The molecule has 2 rings (SSSR count). The summed E-state index contributed by atoms with van der Waals surface area (Å²) in [5, 5.41) is -2.36. The highest BCUT2D eigenvalue weighted by molar-refractivity contribution is 7.94. The molecule has 0 aliphatic rings. The summed E-state index contributed by atoms with van der Waals surface area (Å²) in [5.74, 6) is 0. The van der Waals surface area contributed by atoms with Crippen LogP contribution in [0, 0.1) is 13.8 Å². The third-order valence-electron chi connectivity index (χ3n) is 4.95. The zero-order chi connectivity index (χ0) is 22.4. The molecule has 0 heterocycles. The lowest BCUT2D eigenvalue weighted by Crippen LogP contribution is -2.46. The van der Waals surface area contributed by atoms with E-state index in [0.717, 1.165) is 36.8 Å². The minimum absolute atomic E-state index is 0.00653. The Balaban J connectivity index is 2.37. The van der Waals surface area contributed by atoms with Gasteiger partial charge in [0, 0.05) is 0 Å². The molecule has 0 saturated heterocycles. The number of unbranched alkanes of at least 4 members (excludes halogenated alkanes) is 3. The molecular weight excluding hydrogens is 442 g/mol. The maximum atomic E-state index is 13.3. The van der Waals surface area contributed by atoms with Crippen molar-refractivity contribution in [2.24, 2.45) is 0 Å². The number of benzene rings is 2. The lowest BCUT2D eigenvalue weighted by atomic mass is 10.1. The van der Waals surface area contributed by atoms with Gasteiger partial charge in [-0.2, -0.15) is 4.72 Å². The van der Waals surface area contributed by atoms with Crippen molar-refractivity contribution in [3.63, 3.8) is 0 Å². The Kier molecular flexibility index (Phi) is 8.91. The quantitative estimate of drug-likeness (QED) is 0.371. The maximum Gasteiger partial charge on any atom is 0.241 e. The molecule has 0 spiro atoms. The molecule has 0 bridgehead atoms. The van der Waals surface area contributed by atoms with Gasteiger partial charge < -0.3 is 0 Å². The van der Waals surface area contributed by atoms with Gasteiger partial charge in [-0.3, -0.25) is 0 Å². The summed E-state index contributed by atoms with van der Waals surface area (Å²) >= 11 is 6.50. The topological polar surface area (TPSA) is 80.3 Å². The Hall–Kier alpha value is -1.41. The molecule has 0 radical (unpaired) electrons. The number of rotatable bonds is 11. The second-order valence-electron chi connectivity index (χ2n) is 7.58. The summed E-state index contributed by atoms with van der Waals surface area (Å²) < 4.78 is 54.9. The van der Waals surface area contributed by atoms with E-state index in [1.807, 2.05) is 13.8 Å². The summed E-state index contributed by atoms with van der Waals surface area (Å²) in [7, 11) is -8.10. The van der Waals surface area contributed by atoms with E-state index < -0.39 is 30.6 Å². The Morgan fingerprint density at radius 2 is 1.30 bits per heavy atom. The highest BCUT2D eigenvalue weighted by Gasteiger charge is 2.37. The van der Waals surface area contributed by atoms with Gasteiger partial charge >= 0.3 is 0 Å². The number of halogens is 1. The van der Waals surface area contributed by atoms with Crippen LogP contribution in [0.1, 0.15) is 50.2 Å². The number of aryl methyl sites for hydroxylation is 2. The third kappa shape index (κ3) is 6.54. The second-order valence-corrected chi connectivity index (χ2v) is 11.9. The molecule has 166 valence electrons. The largest absolute Gasteiger partial charge is 0.241 e. The number of hydrogen-bond acceptors (Lipinski definition) is 4. The first-order valence-corrected chi connectivity index (χ1v) is 13.6. The lowest BCUT2D eigenvalue weighted by Gasteiger charge is -2.24. The fraction of sp³-hybridized carbons (Fsp3) is 0.455. The predicted molar refractivity (Wildman–Crippen MR) is 122 cm³/mol. The van der Waals surface area contributed by atoms with Crippen molar-refractivity contribution < 1.29 is 16.8 Å². The first-order chi connectivity index (χ1) is 14.1. The molecule has 0 fully saturated rings. The van der Waals surface area contributed by atoms with Crippen LogP contribution in [0.4, 0.5) is 0 Å². The van der Waals surface area contributed by atoms with Crippen molar-refractivity contribution in [1.29, 1.82) is 0 Å². The fourth-order valence-corrected chi connectivity index (χ4v) is 7.08. The monoisotopic (exact) mass is 471 g/mol. The molecule has 0 aliphatic heterocycles. The van der Waals surface area contributed by atoms with Crippen LogP contribution in [-0.4, -0.2) is 27.6 Å². The molecule has 0 aliphatic carbocycles. The van der Waals surface area contributed by atoms with Gasteiger partial charge in [-0.05, 0) is 44.5 Å². The molecule has 1 N–H and O–H groups in total. The van der Waals surface area contributed by atoms with Gasteiger partial charge in [0.2, 0.25) is 10.0 Å². The normalized spacial score (nSPS) is 14.4. The van der Waals surface area contributed by atoms with Gasteiger partial charge in [-0.15, -0.1) is 11.6 Å². The van der Waals surface area contributed by atoms with Crippen LogP contribution < -0.4 is 4.72 Å². The summed E-state index contributed by atoms with van der Waals surface area (Å²) in [5.41, 5.74) is 1.82. The van der Waals surface area contributed by atoms with E-state index in [0.29, 0.717) is 6.42 Å². The summed E-state index contributed by atoms with van der Waals surface area (Å²) in [6.07, 6.45) is 4.11. The van der Waals surface area contributed by atoms with E-state index in [4.69, 9.17) is 11.6 Å². The molecule has 2 aromatic carbocycles. The molecule has 0 aromatic heterocycles. The number of nitrogens with one attached hydrogen (secondary N) is 1. The smallest absolute Gasteiger partial charge is 0.222 e. The van der Waals surface area contributed by atoms with E-state index in [1.165, 1.54) is 24.3 Å². The van der Waals surface area contributed by atoms with Crippen LogP contribution in [0.5, 0.6) is 0 Å². The minimum Gasteiger partial charge on any atom is -0.222 e. The van der Waals surface area contributed by atoms with Crippen LogP contribution in [0.15, 0.2) is 58.3 Å². The van der Waals surface area contributed by atoms with Gasteiger partial charge in [0.1, 0.15) is 5.37 Å². The molecule has 5 nitrogen and oxygen atoms in total. The summed E-state index contributed by atoms with van der Waals surface area (Å²) in [6, 6.07) is 12.6. The molecule has 1 unspecified atom stereocenters.